The minimum absolute atomic E-state index is 0.0578. The summed E-state index contributed by atoms with van der Waals surface area (Å²) in [6, 6.07) is 44.3. The van der Waals surface area contributed by atoms with Gasteiger partial charge in [0.2, 0.25) is 0 Å². The number of hydrogen-bond acceptors (Lipinski definition) is 2. The van der Waals surface area contributed by atoms with E-state index in [0.29, 0.717) is 28.7 Å². The van der Waals surface area contributed by atoms with Gasteiger partial charge in [-0.1, -0.05) is 185 Å². The monoisotopic (exact) mass is 910 g/mol. The molecule has 3 heterocycles. The van der Waals surface area contributed by atoms with Crippen molar-refractivity contribution in [1.82, 2.24) is 14.1 Å². The van der Waals surface area contributed by atoms with Crippen molar-refractivity contribution in [3.63, 3.8) is 0 Å². The third-order valence-electron chi connectivity index (χ3n) is 13.2. The SMILES string of the molecule is [2H]c1c([2H])c([2H])c(-c2cccc(-c3cc(C(C)(C)C)cc(C(C)(C)C)c3)c2-[n+]2[c-]n(-c3cccc(Oc4ccc5c6ccccc6n(-c6cc(C(C)(C)C)ccn6)c5c4)c3)c3cc(CC(C)C)ccc32)c([2H])c1[2H]. The first-order chi connectivity index (χ1) is 35.0. The maximum Gasteiger partial charge on any atom is 0.269 e. The number of benzene rings is 7. The molecule has 0 N–H and O–H groups in total. The van der Waals surface area contributed by atoms with E-state index in [4.69, 9.17) is 13.8 Å². The quantitative estimate of drug-likeness (QED) is 0.107. The number of aromatic nitrogens is 4. The van der Waals surface area contributed by atoms with E-state index in [1.54, 1.807) is 0 Å². The van der Waals surface area contributed by atoms with Crippen LogP contribution in [0.1, 0.15) is 105 Å². The summed E-state index contributed by atoms with van der Waals surface area (Å²) in [5.41, 5.74) is 11.9. The molecule has 3 aromatic heterocycles. The van der Waals surface area contributed by atoms with Crippen molar-refractivity contribution in [2.45, 2.75) is 98.8 Å². The molecule has 0 radical (unpaired) electrons. The molecule has 0 amide bonds. The molecule has 7 aromatic carbocycles. The van der Waals surface area contributed by atoms with E-state index in [9.17, 15) is 2.74 Å². The van der Waals surface area contributed by atoms with Crippen LogP contribution in [0.15, 0.2) is 170 Å². The van der Waals surface area contributed by atoms with E-state index in [0.717, 1.165) is 78.6 Å². The summed E-state index contributed by atoms with van der Waals surface area (Å²) in [6.07, 6.45) is 6.53. The Hall–Kier alpha value is -7.24. The van der Waals surface area contributed by atoms with Crippen molar-refractivity contribution >= 4 is 32.8 Å². The fourth-order valence-corrected chi connectivity index (χ4v) is 9.45. The minimum Gasteiger partial charge on any atom is -0.458 e. The maximum absolute atomic E-state index is 9.29. The van der Waals surface area contributed by atoms with Gasteiger partial charge in [0.15, 0.2) is 0 Å². The highest BCUT2D eigenvalue weighted by molar-refractivity contribution is 6.09. The normalized spacial score (nSPS) is 13.5. The second-order valence-electron chi connectivity index (χ2n) is 22.0. The first-order valence-corrected chi connectivity index (χ1v) is 24.1. The van der Waals surface area contributed by atoms with Crippen LogP contribution >= 0.6 is 0 Å². The Bertz CT molecular complexity index is 3780. The van der Waals surface area contributed by atoms with E-state index >= 15 is 0 Å². The number of nitrogens with zero attached hydrogens (tertiary/aromatic N) is 4. The maximum atomic E-state index is 9.29. The van der Waals surface area contributed by atoms with Gasteiger partial charge >= 0.3 is 0 Å². The molecular weight excluding hydrogens is 841 g/mol. The third kappa shape index (κ3) is 8.87. The average molecular weight is 910 g/mol. The number of ether oxygens (including phenoxy) is 1. The number of fused-ring (bicyclic) bond motifs is 4. The Balaban J connectivity index is 1.18. The van der Waals surface area contributed by atoms with Crippen molar-refractivity contribution in [3.05, 3.63) is 198 Å². The van der Waals surface area contributed by atoms with Crippen LogP contribution in [0, 0.1) is 12.2 Å². The van der Waals surface area contributed by atoms with Crippen molar-refractivity contribution in [2.24, 2.45) is 5.92 Å². The Labute approximate surface area is 415 Å². The first kappa shape index (κ1) is 39.7. The zero-order valence-corrected chi connectivity index (χ0v) is 41.8. The second kappa shape index (κ2) is 17.4. The summed E-state index contributed by atoms with van der Waals surface area (Å²) in [7, 11) is 0. The molecular formula is C64H64N4O. The van der Waals surface area contributed by atoms with Crippen LogP contribution in [0.25, 0.3) is 72.3 Å². The Morgan fingerprint density at radius 2 is 1.26 bits per heavy atom. The second-order valence-corrected chi connectivity index (χ2v) is 22.0. The predicted octanol–water partition coefficient (Wildman–Crippen LogP) is 16.4. The van der Waals surface area contributed by atoms with E-state index in [-0.39, 0.29) is 46.0 Å². The van der Waals surface area contributed by atoms with E-state index < -0.39 is 6.04 Å². The van der Waals surface area contributed by atoms with Gasteiger partial charge in [-0.05, 0) is 122 Å². The lowest BCUT2D eigenvalue weighted by molar-refractivity contribution is -0.571. The van der Waals surface area contributed by atoms with Crippen molar-refractivity contribution in [3.8, 4) is 50.9 Å². The number of hydrogen-bond donors (Lipinski definition) is 0. The Kier molecular flexibility index (Phi) is 10.0. The summed E-state index contributed by atoms with van der Waals surface area (Å²) < 4.78 is 57.8. The molecule has 10 aromatic rings. The predicted molar refractivity (Wildman–Crippen MR) is 288 cm³/mol. The molecule has 0 aliphatic carbocycles. The molecule has 0 fully saturated rings. The van der Waals surface area contributed by atoms with E-state index in [1.807, 2.05) is 53.2 Å². The summed E-state index contributed by atoms with van der Waals surface area (Å²) in [5, 5.41) is 2.23. The summed E-state index contributed by atoms with van der Waals surface area (Å²) in [5.74, 6) is 2.55. The molecule has 0 atom stereocenters. The fraction of sp³-hybridized carbons (Fsp3) is 0.250. The van der Waals surface area contributed by atoms with Gasteiger partial charge < -0.3 is 4.74 Å². The summed E-state index contributed by atoms with van der Waals surface area (Å²) in [4.78, 5) is 4.89. The van der Waals surface area contributed by atoms with Gasteiger partial charge in [-0.25, -0.2) is 4.98 Å². The smallest absolute Gasteiger partial charge is 0.269 e. The minimum atomic E-state index is -0.435. The van der Waals surface area contributed by atoms with Gasteiger partial charge in [0, 0.05) is 23.0 Å². The molecule has 0 aliphatic heterocycles. The van der Waals surface area contributed by atoms with Crippen LogP contribution in [0.4, 0.5) is 0 Å². The van der Waals surface area contributed by atoms with Gasteiger partial charge in [0.1, 0.15) is 17.3 Å². The van der Waals surface area contributed by atoms with Crippen molar-refractivity contribution < 1.29 is 16.2 Å². The topological polar surface area (TPSA) is 35.9 Å². The van der Waals surface area contributed by atoms with Crippen LogP contribution < -0.4 is 9.30 Å². The standard InChI is InChI=1S/C64H64N4O/c1-42(2)33-43-27-30-57-59(34-43)66(41-67(57)61-52(44-19-13-12-14-20-44)24-18-25-53(61)45-35-47(63(6,7)8)37-48(36-45)64(9,10)11)49-21-17-22-50(39-49)69-51-28-29-55-54-23-15-16-26-56(54)68(58(55)40-51)60-38-46(31-32-65-60)62(3,4)5/h12-32,34-40,42H,33H2,1-11H3/i12D,13D,14D,19D,20D. The lowest BCUT2D eigenvalue weighted by Gasteiger charge is -2.27. The fourth-order valence-electron chi connectivity index (χ4n) is 9.45. The number of rotatable bonds is 9. The van der Waals surface area contributed by atoms with Gasteiger partial charge in [0.25, 0.3) is 6.33 Å². The van der Waals surface area contributed by atoms with E-state index in [1.165, 1.54) is 5.56 Å². The molecule has 0 spiro atoms. The highest BCUT2D eigenvalue weighted by Gasteiger charge is 2.25. The average Bonchev–Trinajstić information content (AvgIpc) is 3.90. The number of para-hydroxylation sites is 2. The zero-order valence-electron chi connectivity index (χ0n) is 46.8. The lowest BCUT2D eigenvalue weighted by Crippen LogP contribution is -2.31. The van der Waals surface area contributed by atoms with Crippen molar-refractivity contribution in [1.29, 1.82) is 0 Å². The first-order valence-electron chi connectivity index (χ1n) is 26.6. The zero-order chi connectivity index (χ0) is 52.8. The van der Waals surface area contributed by atoms with Crippen LogP contribution in [0.5, 0.6) is 11.5 Å². The van der Waals surface area contributed by atoms with Gasteiger partial charge in [-0.3, -0.25) is 13.7 Å². The van der Waals surface area contributed by atoms with E-state index in [2.05, 4.69) is 183 Å². The Morgan fingerprint density at radius 3 is 1.97 bits per heavy atom. The molecule has 0 unspecified atom stereocenters. The number of pyridine rings is 1. The largest absolute Gasteiger partial charge is 0.458 e. The van der Waals surface area contributed by atoms with Gasteiger partial charge in [-0.2, -0.15) is 0 Å². The molecule has 0 saturated heterocycles. The molecule has 69 heavy (non-hydrogen) atoms. The van der Waals surface area contributed by atoms with Crippen LogP contribution in [-0.2, 0) is 22.7 Å². The lowest BCUT2D eigenvalue weighted by atomic mass is 9.78. The van der Waals surface area contributed by atoms with Crippen LogP contribution in [0.2, 0.25) is 0 Å². The van der Waals surface area contributed by atoms with Crippen molar-refractivity contribution in [2.75, 3.05) is 0 Å². The molecule has 5 nitrogen and oxygen atoms in total. The Morgan fingerprint density at radius 1 is 0.594 bits per heavy atom. The molecule has 0 saturated carbocycles. The molecule has 0 bridgehead atoms. The molecule has 346 valence electrons. The highest BCUT2D eigenvalue weighted by Crippen LogP contribution is 2.40. The summed E-state index contributed by atoms with van der Waals surface area (Å²) in [6.45, 7) is 24.4. The summed E-state index contributed by atoms with van der Waals surface area (Å²) >= 11 is 0. The van der Waals surface area contributed by atoms with Gasteiger partial charge in [0.05, 0.1) is 40.3 Å². The highest BCUT2D eigenvalue weighted by atomic mass is 16.5. The van der Waals surface area contributed by atoms with Crippen LogP contribution in [-0.4, -0.2) is 14.1 Å². The molecule has 10 rings (SSSR count). The van der Waals surface area contributed by atoms with Gasteiger partial charge in [-0.15, -0.1) is 0 Å². The van der Waals surface area contributed by atoms with Crippen LogP contribution in [0.3, 0.4) is 0 Å². The number of imidazole rings is 1. The molecule has 0 aliphatic rings. The molecule has 5 heteroatoms. The third-order valence-corrected chi connectivity index (χ3v) is 13.2.